The fourth-order valence-corrected chi connectivity index (χ4v) is 5.56. The van der Waals surface area contributed by atoms with Crippen LogP contribution in [0.15, 0.2) is 48.5 Å². The molecule has 7 heteroatoms. The predicted molar refractivity (Wildman–Crippen MR) is 140 cm³/mol. The first-order valence-electron chi connectivity index (χ1n) is 12.9. The Morgan fingerprint density at radius 2 is 1.66 bits per heavy atom. The Kier molecular flexibility index (Phi) is 6.95. The molecule has 35 heavy (non-hydrogen) atoms. The molecule has 1 amide bonds. The normalized spacial score (nSPS) is 17.9. The zero-order valence-corrected chi connectivity index (χ0v) is 21.2. The van der Waals surface area contributed by atoms with E-state index >= 15 is 0 Å². The lowest BCUT2D eigenvalue weighted by atomic mass is 9.95. The first-order valence-corrected chi connectivity index (χ1v) is 12.9. The predicted octanol–water partition coefficient (Wildman–Crippen LogP) is 4.19. The molecule has 3 aromatic rings. The van der Waals surface area contributed by atoms with Gasteiger partial charge in [-0.1, -0.05) is 12.1 Å². The van der Waals surface area contributed by atoms with Crippen LogP contribution in [0.3, 0.4) is 0 Å². The maximum absolute atomic E-state index is 13.3. The zero-order chi connectivity index (χ0) is 24.4. The third-order valence-electron chi connectivity index (χ3n) is 7.52. The van der Waals surface area contributed by atoms with E-state index in [-0.39, 0.29) is 5.92 Å². The van der Waals surface area contributed by atoms with Crippen LogP contribution in [0.2, 0.25) is 0 Å². The SMILES string of the molecule is COc1ccc(N2CCN(C(=O)C3CCN(Cc4nc5ccccc5n4C(C)C)CC3)CC2)cc1. The molecule has 1 aromatic heterocycles. The van der Waals surface area contributed by atoms with Gasteiger partial charge >= 0.3 is 0 Å². The number of fused-ring (bicyclic) bond motifs is 1. The highest BCUT2D eigenvalue weighted by molar-refractivity contribution is 5.79. The maximum Gasteiger partial charge on any atom is 0.225 e. The average Bonchev–Trinajstić information content (AvgIpc) is 3.27. The Hall–Kier alpha value is -3.06. The number of benzene rings is 2. The number of carbonyl (C=O) groups is 1. The summed E-state index contributed by atoms with van der Waals surface area (Å²) in [5.74, 6) is 2.48. The van der Waals surface area contributed by atoms with Crippen LogP contribution in [-0.4, -0.2) is 71.6 Å². The number of para-hydroxylation sites is 2. The van der Waals surface area contributed by atoms with E-state index in [1.165, 1.54) is 11.2 Å². The number of likely N-dealkylation sites (tertiary alicyclic amines) is 1. The molecule has 7 nitrogen and oxygen atoms in total. The number of imidazole rings is 1. The van der Waals surface area contributed by atoms with Crippen molar-refractivity contribution in [3.8, 4) is 5.75 Å². The van der Waals surface area contributed by atoms with E-state index in [2.05, 4.69) is 69.5 Å². The van der Waals surface area contributed by atoms with Crippen LogP contribution < -0.4 is 9.64 Å². The first-order chi connectivity index (χ1) is 17.0. The van der Waals surface area contributed by atoms with Crippen molar-refractivity contribution >= 4 is 22.6 Å². The number of hydrogen-bond donors (Lipinski definition) is 0. The number of anilines is 1. The summed E-state index contributed by atoms with van der Waals surface area (Å²) in [4.78, 5) is 25.1. The molecule has 186 valence electrons. The van der Waals surface area contributed by atoms with E-state index in [9.17, 15) is 4.79 Å². The average molecular weight is 476 g/mol. The standard InChI is InChI=1S/C28H37N5O2/c1-21(2)33-26-7-5-4-6-25(26)29-27(33)20-30-14-12-22(13-15-30)28(34)32-18-16-31(17-19-32)23-8-10-24(35-3)11-9-23/h4-11,21-22H,12-20H2,1-3H3. The number of methoxy groups -OCH3 is 1. The second-order valence-corrected chi connectivity index (χ2v) is 10.0. The molecule has 2 fully saturated rings. The Labute approximate surface area is 208 Å². The number of piperazine rings is 1. The van der Waals surface area contributed by atoms with Crippen LogP contribution in [0, 0.1) is 5.92 Å². The molecular weight excluding hydrogens is 438 g/mol. The van der Waals surface area contributed by atoms with Gasteiger partial charge < -0.3 is 19.1 Å². The fraction of sp³-hybridized carbons (Fsp3) is 0.500. The molecule has 0 unspecified atom stereocenters. The van der Waals surface area contributed by atoms with Crippen molar-refractivity contribution in [2.45, 2.75) is 39.3 Å². The van der Waals surface area contributed by atoms with Crippen molar-refractivity contribution in [1.82, 2.24) is 19.4 Å². The Balaban J connectivity index is 1.14. The topological polar surface area (TPSA) is 53.8 Å². The van der Waals surface area contributed by atoms with Crippen molar-refractivity contribution in [3.63, 3.8) is 0 Å². The molecule has 2 aliphatic rings. The molecule has 5 rings (SSSR count). The molecule has 0 radical (unpaired) electrons. The van der Waals surface area contributed by atoms with E-state index in [0.29, 0.717) is 11.9 Å². The summed E-state index contributed by atoms with van der Waals surface area (Å²) in [5, 5.41) is 0. The van der Waals surface area contributed by atoms with Gasteiger partial charge in [-0.15, -0.1) is 0 Å². The van der Waals surface area contributed by atoms with Gasteiger partial charge in [0.25, 0.3) is 0 Å². The minimum atomic E-state index is 0.141. The fourth-order valence-electron chi connectivity index (χ4n) is 5.56. The summed E-state index contributed by atoms with van der Waals surface area (Å²) >= 11 is 0. The van der Waals surface area contributed by atoms with Crippen molar-refractivity contribution in [2.24, 2.45) is 5.92 Å². The summed E-state index contributed by atoms with van der Waals surface area (Å²) in [7, 11) is 1.69. The quantitative estimate of drug-likeness (QED) is 0.535. The van der Waals surface area contributed by atoms with Crippen LogP contribution in [0.4, 0.5) is 5.69 Å². The summed E-state index contributed by atoms with van der Waals surface area (Å²) in [6.45, 7) is 10.5. The molecule has 2 saturated heterocycles. The third kappa shape index (κ3) is 5.01. The van der Waals surface area contributed by atoms with E-state index in [4.69, 9.17) is 9.72 Å². The van der Waals surface area contributed by atoms with Crippen molar-refractivity contribution in [2.75, 3.05) is 51.3 Å². The Morgan fingerprint density at radius 3 is 2.31 bits per heavy atom. The monoisotopic (exact) mass is 475 g/mol. The van der Waals surface area contributed by atoms with Crippen molar-refractivity contribution < 1.29 is 9.53 Å². The number of carbonyl (C=O) groups excluding carboxylic acids is 1. The summed E-state index contributed by atoms with van der Waals surface area (Å²) in [5.41, 5.74) is 3.46. The Bertz CT molecular complexity index is 1140. The Morgan fingerprint density at radius 1 is 0.971 bits per heavy atom. The minimum absolute atomic E-state index is 0.141. The molecule has 0 atom stereocenters. The second kappa shape index (κ2) is 10.3. The lowest BCUT2D eigenvalue weighted by Gasteiger charge is -2.39. The number of amides is 1. The van der Waals surface area contributed by atoms with Gasteiger partial charge in [0.15, 0.2) is 0 Å². The molecule has 0 spiro atoms. The molecule has 0 N–H and O–H groups in total. The number of nitrogens with zero attached hydrogens (tertiary/aromatic N) is 5. The molecule has 3 heterocycles. The van der Waals surface area contributed by atoms with Gasteiger partial charge in [-0.2, -0.15) is 0 Å². The van der Waals surface area contributed by atoms with Gasteiger partial charge in [-0.25, -0.2) is 4.98 Å². The van der Waals surface area contributed by atoms with Crippen LogP contribution in [0.25, 0.3) is 11.0 Å². The molecule has 2 aromatic carbocycles. The highest BCUT2D eigenvalue weighted by Crippen LogP contribution is 2.26. The molecule has 2 aliphatic heterocycles. The number of aromatic nitrogens is 2. The summed E-state index contributed by atoms with van der Waals surface area (Å²) in [6, 6.07) is 16.9. The minimum Gasteiger partial charge on any atom is -0.497 e. The molecule has 0 aliphatic carbocycles. The second-order valence-electron chi connectivity index (χ2n) is 10.0. The third-order valence-corrected chi connectivity index (χ3v) is 7.52. The van der Waals surface area contributed by atoms with Gasteiger partial charge in [-0.3, -0.25) is 9.69 Å². The molecular formula is C28H37N5O2. The van der Waals surface area contributed by atoms with Crippen molar-refractivity contribution in [1.29, 1.82) is 0 Å². The zero-order valence-electron chi connectivity index (χ0n) is 21.2. The van der Waals surface area contributed by atoms with E-state index < -0.39 is 0 Å². The van der Waals surface area contributed by atoms with Gasteiger partial charge in [0, 0.05) is 43.8 Å². The highest BCUT2D eigenvalue weighted by Gasteiger charge is 2.31. The van der Waals surface area contributed by atoms with Gasteiger partial charge in [-0.05, 0) is 76.2 Å². The lowest BCUT2D eigenvalue weighted by Crippen LogP contribution is -2.51. The van der Waals surface area contributed by atoms with Gasteiger partial charge in [0.05, 0.1) is 24.7 Å². The molecule has 0 saturated carbocycles. The lowest BCUT2D eigenvalue weighted by molar-refractivity contribution is -0.137. The van der Waals surface area contributed by atoms with Crippen LogP contribution in [0.5, 0.6) is 5.75 Å². The van der Waals surface area contributed by atoms with Gasteiger partial charge in [0.2, 0.25) is 5.91 Å². The largest absolute Gasteiger partial charge is 0.497 e. The number of hydrogen-bond acceptors (Lipinski definition) is 5. The van der Waals surface area contributed by atoms with Crippen LogP contribution in [-0.2, 0) is 11.3 Å². The highest BCUT2D eigenvalue weighted by atomic mass is 16.5. The van der Waals surface area contributed by atoms with E-state index in [1.54, 1.807) is 7.11 Å². The first kappa shape index (κ1) is 23.7. The maximum atomic E-state index is 13.3. The summed E-state index contributed by atoms with van der Waals surface area (Å²) in [6.07, 6.45) is 1.86. The molecule has 0 bridgehead atoms. The van der Waals surface area contributed by atoms with Crippen molar-refractivity contribution in [3.05, 3.63) is 54.4 Å². The smallest absolute Gasteiger partial charge is 0.225 e. The number of piperidine rings is 1. The van der Waals surface area contributed by atoms with E-state index in [1.807, 2.05) is 12.1 Å². The van der Waals surface area contributed by atoms with E-state index in [0.717, 1.165) is 75.7 Å². The number of rotatable bonds is 6. The summed E-state index contributed by atoms with van der Waals surface area (Å²) < 4.78 is 7.62. The van der Waals surface area contributed by atoms with Gasteiger partial charge in [0.1, 0.15) is 11.6 Å². The van der Waals surface area contributed by atoms with Crippen LogP contribution in [0.1, 0.15) is 38.6 Å². The number of ether oxygens (including phenoxy) is 1. The van der Waals surface area contributed by atoms with Crippen LogP contribution >= 0.6 is 0 Å².